The third-order valence-electron chi connectivity index (χ3n) is 2.11. The van der Waals surface area contributed by atoms with E-state index in [1.807, 2.05) is 37.2 Å². The van der Waals surface area contributed by atoms with E-state index in [-0.39, 0.29) is 0 Å². The number of nitro groups is 1. The maximum atomic E-state index is 10.3. The number of rotatable bonds is 8. The molecule has 0 aliphatic carbocycles. The molecule has 0 aliphatic heterocycles. The quantitative estimate of drug-likeness (QED) is 0.384. The summed E-state index contributed by atoms with van der Waals surface area (Å²) < 4.78 is 0. The van der Waals surface area contributed by atoms with Gasteiger partial charge in [-0.15, -0.1) is 11.3 Å². The zero-order chi connectivity index (χ0) is 16.1. The molecule has 0 bridgehead atoms. The van der Waals surface area contributed by atoms with Crippen LogP contribution in [0.1, 0.15) is 9.75 Å². The molecule has 0 saturated carbocycles. The van der Waals surface area contributed by atoms with Crippen LogP contribution in [0.25, 0.3) is 0 Å². The van der Waals surface area contributed by atoms with Crippen LogP contribution in [-0.2, 0) is 5.75 Å². The van der Waals surface area contributed by atoms with Gasteiger partial charge in [0.1, 0.15) is 0 Å². The molecule has 0 amide bonds. The van der Waals surface area contributed by atoms with Crippen molar-refractivity contribution in [2.24, 2.45) is 0 Å². The van der Waals surface area contributed by atoms with Crippen LogP contribution >= 0.6 is 23.1 Å². The van der Waals surface area contributed by atoms with E-state index >= 15 is 0 Å². The first-order chi connectivity index (χ1) is 10.0. The fourth-order valence-electron chi connectivity index (χ4n) is 1.30. The summed E-state index contributed by atoms with van der Waals surface area (Å²) in [5.41, 5.74) is 0. The van der Waals surface area contributed by atoms with E-state index in [4.69, 9.17) is 0 Å². The van der Waals surface area contributed by atoms with Gasteiger partial charge in [0.05, 0.1) is 4.92 Å². The highest BCUT2D eigenvalue weighted by atomic mass is 32.2. The lowest BCUT2D eigenvalue weighted by Crippen LogP contribution is -2.26. The molecule has 1 aromatic rings. The third kappa shape index (κ3) is 11.1. The summed E-state index contributed by atoms with van der Waals surface area (Å²) in [4.78, 5) is 12.5. The van der Waals surface area contributed by atoms with Gasteiger partial charge < -0.3 is 16.0 Å². The summed E-state index contributed by atoms with van der Waals surface area (Å²) in [6, 6.07) is 4.27. The van der Waals surface area contributed by atoms with E-state index in [0.29, 0.717) is 12.4 Å². The zero-order valence-corrected chi connectivity index (χ0v) is 14.6. The van der Waals surface area contributed by atoms with Crippen molar-refractivity contribution in [3.63, 3.8) is 0 Å². The minimum atomic E-state index is -0.472. The smallest absolute Gasteiger partial charge is 0.274 e. The highest BCUT2D eigenvalue weighted by molar-refractivity contribution is 7.98. The van der Waals surface area contributed by atoms with Crippen molar-refractivity contribution in [2.75, 3.05) is 33.4 Å². The van der Waals surface area contributed by atoms with Gasteiger partial charge in [-0.2, -0.15) is 11.8 Å². The molecule has 0 saturated heterocycles. The zero-order valence-electron chi connectivity index (χ0n) is 12.9. The van der Waals surface area contributed by atoms with Gasteiger partial charge in [0.2, 0.25) is 0 Å². The van der Waals surface area contributed by atoms with Gasteiger partial charge in [0.15, 0.2) is 5.82 Å². The molecule has 0 unspecified atom stereocenters. The summed E-state index contributed by atoms with van der Waals surface area (Å²) in [5.74, 6) is 2.34. The summed E-state index contributed by atoms with van der Waals surface area (Å²) in [6.07, 6.45) is 0.938. The van der Waals surface area contributed by atoms with E-state index in [0.717, 1.165) is 17.7 Å². The van der Waals surface area contributed by atoms with Crippen molar-refractivity contribution in [1.29, 1.82) is 0 Å². The predicted octanol–water partition coefficient (Wildman–Crippen LogP) is 2.01. The van der Waals surface area contributed by atoms with Crippen molar-refractivity contribution < 1.29 is 4.92 Å². The Morgan fingerprint density at radius 3 is 2.57 bits per heavy atom. The average molecular weight is 332 g/mol. The summed E-state index contributed by atoms with van der Waals surface area (Å²) in [7, 11) is 5.41. The second kappa shape index (κ2) is 12.5. The minimum absolute atomic E-state index is 0.438. The van der Waals surface area contributed by atoms with Gasteiger partial charge in [-0.1, -0.05) is 0 Å². The van der Waals surface area contributed by atoms with Crippen LogP contribution in [0.5, 0.6) is 0 Å². The highest BCUT2D eigenvalue weighted by Crippen LogP contribution is 2.20. The molecule has 1 heterocycles. The lowest BCUT2D eigenvalue weighted by molar-refractivity contribution is -0.404. The van der Waals surface area contributed by atoms with Gasteiger partial charge in [0.25, 0.3) is 6.20 Å². The Morgan fingerprint density at radius 2 is 2.10 bits per heavy atom. The normalized spacial score (nSPS) is 10.6. The molecule has 0 fully saturated rings. The Morgan fingerprint density at radius 1 is 1.43 bits per heavy atom. The van der Waals surface area contributed by atoms with Crippen LogP contribution in [0.15, 0.2) is 24.2 Å². The summed E-state index contributed by atoms with van der Waals surface area (Å²) in [5, 5.41) is 18.8. The number of thiophene rings is 1. The maximum Gasteiger partial charge on any atom is 0.274 e. The van der Waals surface area contributed by atoms with Crippen LogP contribution in [-0.4, -0.2) is 38.4 Å². The summed E-state index contributed by atoms with van der Waals surface area (Å²) in [6.45, 7) is 2.80. The fourth-order valence-corrected chi connectivity index (χ4v) is 3.16. The summed E-state index contributed by atoms with van der Waals surface area (Å²) >= 11 is 3.62. The first kappa shape index (κ1) is 19.8. The van der Waals surface area contributed by atoms with E-state index < -0.39 is 4.92 Å². The number of aryl methyl sites for hydroxylation is 1. The Balaban J connectivity index is 0.00000122. The fraction of sp³-hybridized carbons (Fsp3) is 0.538. The second-order valence-corrected chi connectivity index (χ2v) is 6.55. The van der Waals surface area contributed by atoms with E-state index in [2.05, 4.69) is 35.0 Å². The number of hydrogen-bond donors (Lipinski definition) is 3. The van der Waals surface area contributed by atoms with Crippen molar-refractivity contribution >= 4 is 23.1 Å². The van der Waals surface area contributed by atoms with Crippen LogP contribution in [0.3, 0.4) is 0 Å². The van der Waals surface area contributed by atoms with E-state index in [9.17, 15) is 10.1 Å². The second-order valence-electron chi connectivity index (χ2n) is 4.07. The molecule has 8 heteroatoms. The van der Waals surface area contributed by atoms with E-state index in [1.54, 1.807) is 7.05 Å². The molecule has 120 valence electrons. The van der Waals surface area contributed by atoms with Crippen molar-refractivity contribution in [2.45, 2.75) is 12.7 Å². The molecule has 1 aromatic heterocycles. The highest BCUT2D eigenvalue weighted by Gasteiger charge is 2.00. The Kier molecular flexibility index (Phi) is 11.7. The predicted molar refractivity (Wildman–Crippen MR) is 92.3 cm³/mol. The van der Waals surface area contributed by atoms with Gasteiger partial charge in [-0.05, 0) is 33.2 Å². The van der Waals surface area contributed by atoms with Crippen LogP contribution < -0.4 is 16.0 Å². The standard InChI is InChI=1S/C11H17N3O2S2.C2H7N/c1-9-3-4-10(18-9)8-17-6-5-13-11(12-2)7-14(15)16;1-3-2/h3-4,7,12-13H,5-6,8H2,1-2H3;3H,1-2H3. The number of nitrogens with one attached hydrogen (secondary N) is 3. The molecular formula is C13H24N4O2S2. The van der Waals surface area contributed by atoms with Gasteiger partial charge in [0, 0.05) is 34.9 Å². The van der Waals surface area contributed by atoms with Gasteiger partial charge >= 0.3 is 0 Å². The molecular weight excluding hydrogens is 308 g/mol. The maximum absolute atomic E-state index is 10.3. The van der Waals surface area contributed by atoms with Gasteiger partial charge in [-0.25, -0.2) is 0 Å². The molecule has 6 nitrogen and oxygen atoms in total. The Hall–Kier alpha value is -1.25. The molecule has 0 aromatic carbocycles. The lowest BCUT2D eigenvalue weighted by atomic mass is 10.5. The van der Waals surface area contributed by atoms with Crippen LogP contribution in [0.2, 0.25) is 0 Å². The Labute approximate surface area is 134 Å². The topological polar surface area (TPSA) is 79.2 Å². The first-order valence-electron chi connectivity index (χ1n) is 6.52. The third-order valence-corrected chi connectivity index (χ3v) is 4.30. The molecule has 0 aliphatic rings. The molecule has 1 rings (SSSR count). The van der Waals surface area contributed by atoms with Crippen molar-refractivity contribution in [3.8, 4) is 0 Å². The molecule has 21 heavy (non-hydrogen) atoms. The van der Waals surface area contributed by atoms with Crippen molar-refractivity contribution in [1.82, 2.24) is 16.0 Å². The number of thioether (sulfide) groups is 1. The largest absolute Gasteiger partial charge is 0.370 e. The van der Waals surface area contributed by atoms with Crippen LogP contribution in [0.4, 0.5) is 0 Å². The SMILES string of the molecule is CNC.CNC(=C[N+](=O)[O-])NCCSCc1ccc(C)s1. The monoisotopic (exact) mass is 332 g/mol. The van der Waals surface area contributed by atoms with E-state index in [1.165, 1.54) is 9.75 Å². The number of nitrogens with zero attached hydrogens (tertiary/aromatic N) is 1. The average Bonchev–Trinajstić information content (AvgIpc) is 2.83. The van der Waals surface area contributed by atoms with Crippen molar-refractivity contribution in [3.05, 3.63) is 44.0 Å². The molecule has 0 spiro atoms. The molecule has 3 N–H and O–H groups in total. The minimum Gasteiger partial charge on any atom is -0.370 e. The number of hydrogen-bond acceptors (Lipinski definition) is 7. The van der Waals surface area contributed by atoms with Gasteiger partial charge in [-0.3, -0.25) is 10.1 Å². The molecule has 0 radical (unpaired) electrons. The Bertz CT molecular complexity index is 436. The van der Waals surface area contributed by atoms with Crippen LogP contribution in [0, 0.1) is 17.0 Å². The molecule has 0 atom stereocenters. The first-order valence-corrected chi connectivity index (χ1v) is 8.49. The lowest BCUT2D eigenvalue weighted by Gasteiger charge is -2.07.